The normalized spacial score (nSPS) is 13.4. The van der Waals surface area contributed by atoms with Gasteiger partial charge in [0.15, 0.2) is 0 Å². The average Bonchev–Trinajstić information content (AvgIpc) is 2.32. The summed E-state index contributed by atoms with van der Waals surface area (Å²) in [5, 5.41) is 21.4. The summed E-state index contributed by atoms with van der Waals surface area (Å²) in [4.78, 5) is 11.4. The predicted molar refractivity (Wildman–Crippen MR) is 70.5 cm³/mol. The van der Waals surface area contributed by atoms with Crippen LogP contribution in [0.3, 0.4) is 0 Å². The molecule has 0 heterocycles. The first-order chi connectivity index (χ1) is 8.44. The summed E-state index contributed by atoms with van der Waals surface area (Å²) < 4.78 is 0. The summed E-state index contributed by atoms with van der Waals surface area (Å²) in [6.07, 6.45) is 1.26. The lowest BCUT2D eigenvalue weighted by Crippen LogP contribution is -2.43. The average molecular weight is 246 g/mol. The molecule has 1 aromatic carbocycles. The molecule has 1 aromatic rings. The summed E-state index contributed by atoms with van der Waals surface area (Å²) in [5.74, 6) is -0.906. The number of nitrogens with zero attached hydrogens (tertiary/aromatic N) is 1. The van der Waals surface area contributed by atoms with Crippen molar-refractivity contribution < 1.29 is 9.90 Å². The number of aryl methyl sites for hydroxylation is 1. The minimum Gasteiger partial charge on any atom is -0.480 e. The van der Waals surface area contributed by atoms with Crippen molar-refractivity contribution in [1.29, 1.82) is 5.26 Å². The Labute approximate surface area is 107 Å². The van der Waals surface area contributed by atoms with E-state index in [0.717, 1.165) is 12.0 Å². The lowest BCUT2D eigenvalue weighted by molar-refractivity contribution is -0.141. The Morgan fingerprint density at radius 2 is 2.22 bits per heavy atom. The number of carboxylic acid groups (broad SMARTS) is 1. The maximum Gasteiger partial charge on any atom is 0.329 e. The van der Waals surface area contributed by atoms with Gasteiger partial charge >= 0.3 is 5.97 Å². The molecule has 0 amide bonds. The first kappa shape index (κ1) is 14.0. The number of rotatable bonds is 5. The van der Waals surface area contributed by atoms with Crippen molar-refractivity contribution in [2.75, 3.05) is 5.32 Å². The Morgan fingerprint density at radius 3 is 2.72 bits per heavy atom. The Morgan fingerprint density at radius 1 is 1.56 bits per heavy atom. The molecule has 0 saturated heterocycles. The van der Waals surface area contributed by atoms with Gasteiger partial charge in [-0.25, -0.2) is 4.79 Å². The van der Waals surface area contributed by atoms with Crippen LogP contribution in [0.5, 0.6) is 0 Å². The monoisotopic (exact) mass is 246 g/mol. The largest absolute Gasteiger partial charge is 0.480 e. The molecule has 4 nitrogen and oxygen atoms in total. The molecule has 0 radical (unpaired) electrons. The van der Waals surface area contributed by atoms with Gasteiger partial charge in [0.05, 0.1) is 11.3 Å². The maximum atomic E-state index is 11.4. The van der Waals surface area contributed by atoms with Crippen molar-refractivity contribution in [2.45, 2.75) is 39.2 Å². The zero-order chi connectivity index (χ0) is 13.8. The van der Waals surface area contributed by atoms with Crippen LogP contribution in [0.1, 0.15) is 37.8 Å². The molecular formula is C14H18N2O2. The molecule has 1 unspecified atom stereocenters. The molecule has 0 bridgehead atoms. The van der Waals surface area contributed by atoms with Gasteiger partial charge in [0.1, 0.15) is 11.6 Å². The van der Waals surface area contributed by atoms with Gasteiger partial charge in [0.25, 0.3) is 0 Å². The van der Waals surface area contributed by atoms with E-state index < -0.39 is 11.5 Å². The first-order valence-electron chi connectivity index (χ1n) is 5.96. The SMILES string of the molecule is CCCC(C)(Nc1c(C)cccc1C#N)C(=O)O. The number of aliphatic carboxylic acids is 1. The fraction of sp³-hybridized carbons (Fsp3) is 0.429. The molecule has 2 N–H and O–H groups in total. The van der Waals surface area contributed by atoms with Crippen molar-refractivity contribution in [3.05, 3.63) is 29.3 Å². The molecule has 0 saturated carbocycles. The van der Waals surface area contributed by atoms with Crippen LogP contribution in [0, 0.1) is 18.3 Å². The van der Waals surface area contributed by atoms with Gasteiger partial charge in [0.2, 0.25) is 0 Å². The van der Waals surface area contributed by atoms with E-state index in [0.29, 0.717) is 17.7 Å². The van der Waals surface area contributed by atoms with E-state index in [4.69, 9.17) is 5.26 Å². The molecule has 96 valence electrons. The fourth-order valence-electron chi connectivity index (χ4n) is 1.93. The van der Waals surface area contributed by atoms with Gasteiger partial charge in [-0.05, 0) is 31.9 Å². The molecule has 0 fully saturated rings. The van der Waals surface area contributed by atoms with Crippen molar-refractivity contribution in [1.82, 2.24) is 0 Å². The highest BCUT2D eigenvalue weighted by Gasteiger charge is 2.32. The molecule has 0 aromatic heterocycles. The Balaban J connectivity index is 3.17. The highest BCUT2D eigenvalue weighted by Crippen LogP contribution is 2.26. The molecule has 0 aliphatic rings. The van der Waals surface area contributed by atoms with E-state index in [2.05, 4.69) is 11.4 Å². The molecule has 0 spiro atoms. The minimum absolute atomic E-state index is 0.471. The minimum atomic E-state index is -1.05. The lowest BCUT2D eigenvalue weighted by Gasteiger charge is -2.28. The maximum absolute atomic E-state index is 11.4. The summed E-state index contributed by atoms with van der Waals surface area (Å²) in [5.41, 5.74) is 0.904. The van der Waals surface area contributed by atoms with Crippen LogP contribution in [-0.4, -0.2) is 16.6 Å². The summed E-state index contributed by atoms with van der Waals surface area (Å²) in [6, 6.07) is 7.42. The number of anilines is 1. The third-order valence-electron chi connectivity index (χ3n) is 3.02. The Hall–Kier alpha value is -2.02. The molecular weight excluding hydrogens is 228 g/mol. The number of carbonyl (C=O) groups is 1. The fourth-order valence-corrected chi connectivity index (χ4v) is 1.93. The zero-order valence-electron chi connectivity index (χ0n) is 10.9. The molecule has 1 rings (SSSR count). The Kier molecular flexibility index (Phi) is 4.33. The number of carboxylic acids is 1. The van der Waals surface area contributed by atoms with Gasteiger partial charge in [-0.1, -0.05) is 25.5 Å². The lowest BCUT2D eigenvalue weighted by atomic mass is 9.94. The van der Waals surface area contributed by atoms with Crippen molar-refractivity contribution >= 4 is 11.7 Å². The van der Waals surface area contributed by atoms with Crippen LogP contribution in [0.15, 0.2) is 18.2 Å². The summed E-state index contributed by atoms with van der Waals surface area (Å²) in [6.45, 7) is 5.44. The smallest absolute Gasteiger partial charge is 0.329 e. The Bertz CT molecular complexity index is 491. The molecule has 0 aliphatic heterocycles. The number of nitriles is 1. The van der Waals surface area contributed by atoms with Gasteiger partial charge in [-0.2, -0.15) is 5.26 Å². The van der Waals surface area contributed by atoms with Crippen LogP contribution in [0.4, 0.5) is 5.69 Å². The van der Waals surface area contributed by atoms with Gasteiger partial charge < -0.3 is 10.4 Å². The van der Waals surface area contributed by atoms with Crippen molar-refractivity contribution in [3.63, 3.8) is 0 Å². The predicted octanol–water partition coefficient (Wildman–Crippen LogP) is 2.92. The van der Waals surface area contributed by atoms with E-state index in [1.165, 1.54) is 0 Å². The second-order valence-corrected chi connectivity index (χ2v) is 4.62. The highest BCUT2D eigenvalue weighted by molar-refractivity contribution is 5.83. The van der Waals surface area contributed by atoms with Crippen LogP contribution < -0.4 is 5.32 Å². The number of para-hydroxylation sites is 1. The standard InChI is InChI=1S/C14H18N2O2/c1-4-8-14(3,13(17)18)16-12-10(2)6-5-7-11(12)9-15/h5-7,16H,4,8H2,1-3H3,(H,17,18). The van der Waals surface area contributed by atoms with E-state index in [1.54, 1.807) is 19.1 Å². The third kappa shape index (κ3) is 2.80. The molecule has 4 heteroatoms. The van der Waals surface area contributed by atoms with E-state index in [9.17, 15) is 9.90 Å². The van der Waals surface area contributed by atoms with Crippen LogP contribution in [0.25, 0.3) is 0 Å². The van der Waals surface area contributed by atoms with Gasteiger partial charge in [0, 0.05) is 0 Å². The number of benzene rings is 1. The van der Waals surface area contributed by atoms with Crippen molar-refractivity contribution in [2.24, 2.45) is 0 Å². The number of nitrogens with one attached hydrogen (secondary N) is 1. The van der Waals surface area contributed by atoms with Gasteiger partial charge in [-0.15, -0.1) is 0 Å². The van der Waals surface area contributed by atoms with E-state index >= 15 is 0 Å². The second kappa shape index (κ2) is 5.54. The van der Waals surface area contributed by atoms with Gasteiger partial charge in [-0.3, -0.25) is 0 Å². The number of hydrogen-bond acceptors (Lipinski definition) is 3. The van der Waals surface area contributed by atoms with E-state index in [1.807, 2.05) is 19.9 Å². The molecule has 18 heavy (non-hydrogen) atoms. The molecule has 1 atom stereocenters. The van der Waals surface area contributed by atoms with E-state index in [-0.39, 0.29) is 0 Å². The second-order valence-electron chi connectivity index (χ2n) is 4.62. The highest BCUT2D eigenvalue weighted by atomic mass is 16.4. The number of hydrogen-bond donors (Lipinski definition) is 2. The summed E-state index contributed by atoms with van der Waals surface area (Å²) in [7, 11) is 0. The summed E-state index contributed by atoms with van der Waals surface area (Å²) >= 11 is 0. The zero-order valence-corrected chi connectivity index (χ0v) is 10.9. The quantitative estimate of drug-likeness (QED) is 0.837. The third-order valence-corrected chi connectivity index (χ3v) is 3.02. The van der Waals surface area contributed by atoms with Crippen LogP contribution in [0.2, 0.25) is 0 Å². The molecule has 0 aliphatic carbocycles. The van der Waals surface area contributed by atoms with Crippen LogP contribution >= 0.6 is 0 Å². The topological polar surface area (TPSA) is 73.1 Å². The van der Waals surface area contributed by atoms with Crippen molar-refractivity contribution in [3.8, 4) is 6.07 Å². The first-order valence-corrected chi connectivity index (χ1v) is 5.96. The van der Waals surface area contributed by atoms with Crippen LogP contribution in [-0.2, 0) is 4.79 Å².